The molecule has 1 aliphatic rings. The van der Waals surface area contributed by atoms with Crippen LogP contribution in [0.3, 0.4) is 0 Å². The fourth-order valence-corrected chi connectivity index (χ4v) is 3.76. The lowest BCUT2D eigenvalue weighted by Gasteiger charge is -2.20. The van der Waals surface area contributed by atoms with Gasteiger partial charge in [-0.25, -0.2) is 4.98 Å². The van der Waals surface area contributed by atoms with Gasteiger partial charge in [0.05, 0.1) is 24.0 Å². The first kappa shape index (κ1) is 13.6. The molecule has 1 aromatic heterocycles. The lowest BCUT2D eigenvalue weighted by atomic mass is 10.0. The molecule has 22 heavy (non-hydrogen) atoms. The standard InChI is InChI=1S/C18H16N2OS/c21-15-11-20-17(14-9-5-2-6-10-14)16(19-18(20)22-12-15)13-7-3-1-4-8-13/h1-10,15,21H,11-12H2/t15-/m1/s1. The van der Waals surface area contributed by atoms with Crippen LogP contribution in [0.1, 0.15) is 0 Å². The van der Waals surface area contributed by atoms with E-state index >= 15 is 0 Å². The summed E-state index contributed by atoms with van der Waals surface area (Å²) in [6, 6.07) is 20.5. The zero-order valence-corrected chi connectivity index (χ0v) is 12.8. The first-order valence-corrected chi connectivity index (χ1v) is 8.34. The van der Waals surface area contributed by atoms with Crippen LogP contribution in [0.15, 0.2) is 65.8 Å². The number of hydrogen-bond donors (Lipinski definition) is 1. The van der Waals surface area contributed by atoms with E-state index in [1.54, 1.807) is 11.8 Å². The molecule has 3 nitrogen and oxygen atoms in total. The normalized spacial score (nSPS) is 17.2. The molecular formula is C18H16N2OS. The highest BCUT2D eigenvalue weighted by molar-refractivity contribution is 7.99. The topological polar surface area (TPSA) is 38.1 Å². The van der Waals surface area contributed by atoms with Gasteiger partial charge < -0.3 is 9.67 Å². The molecule has 1 N–H and O–H groups in total. The number of aliphatic hydroxyl groups excluding tert-OH is 1. The minimum Gasteiger partial charge on any atom is -0.390 e. The molecule has 2 aromatic carbocycles. The summed E-state index contributed by atoms with van der Waals surface area (Å²) in [5.74, 6) is 0.708. The molecular weight excluding hydrogens is 292 g/mol. The molecule has 0 spiro atoms. The van der Waals surface area contributed by atoms with Crippen molar-refractivity contribution in [3.8, 4) is 22.5 Å². The molecule has 0 amide bonds. The quantitative estimate of drug-likeness (QED) is 0.785. The van der Waals surface area contributed by atoms with Gasteiger partial charge in [-0.05, 0) is 0 Å². The molecule has 4 heteroatoms. The Kier molecular flexibility index (Phi) is 3.48. The van der Waals surface area contributed by atoms with Gasteiger partial charge in [-0.3, -0.25) is 0 Å². The van der Waals surface area contributed by atoms with Crippen molar-refractivity contribution in [3.63, 3.8) is 0 Å². The molecule has 4 rings (SSSR count). The number of benzene rings is 2. The van der Waals surface area contributed by atoms with Crippen LogP contribution < -0.4 is 0 Å². The van der Waals surface area contributed by atoms with Crippen molar-refractivity contribution in [2.45, 2.75) is 17.8 Å². The molecule has 3 aromatic rings. The van der Waals surface area contributed by atoms with Crippen LogP contribution in [-0.4, -0.2) is 26.5 Å². The summed E-state index contributed by atoms with van der Waals surface area (Å²) in [6.07, 6.45) is -0.321. The number of hydrogen-bond acceptors (Lipinski definition) is 3. The van der Waals surface area contributed by atoms with E-state index in [1.165, 1.54) is 0 Å². The summed E-state index contributed by atoms with van der Waals surface area (Å²) in [6.45, 7) is 0.604. The smallest absolute Gasteiger partial charge is 0.169 e. The average molecular weight is 308 g/mol. The third-order valence-electron chi connectivity index (χ3n) is 3.83. The lowest BCUT2D eigenvalue weighted by Crippen LogP contribution is -2.24. The van der Waals surface area contributed by atoms with E-state index in [1.807, 2.05) is 36.4 Å². The molecule has 110 valence electrons. The molecule has 2 heterocycles. The Bertz CT molecular complexity index is 784. The van der Waals surface area contributed by atoms with Crippen LogP contribution in [0.4, 0.5) is 0 Å². The Balaban J connectivity index is 1.95. The van der Waals surface area contributed by atoms with Gasteiger partial charge in [0.15, 0.2) is 5.16 Å². The second kappa shape index (κ2) is 5.63. The summed E-state index contributed by atoms with van der Waals surface area (Å²) >= 11 is 1.62. The maximum absolute atomic E-state index is 10.0. The predicted octanol–water partition coefficient (Wildman–Crippen LogP) is 3.68. The number of thioether (sulfide) groups is 1. The van der Waals surface area contributed by atoms with Crippen molar-refractivity contribution < 1.29 is 5.11 Å². The summed E-state index contributed by atoms with van der Waals surface area (Å²) in [7, 11) is 0. The van der Waals surface area contributed by atoms with Gasteiger partial charge in [-0.2, -0.15) is 0 Å². The van der Waals surface area contributed by atoms with Crippen LogP contribution in [0.2, 0.25) is 0 Å². The highest BCUT2D eigenvalue weighted by Crippen LogP contribution is 2.38. The minimum absolute atomic E-state index is 0.321. The number of rotatable bonds is 2. The fraction of sp³-hybridized carbons (Fsp3) is 0.167. The van der Waals surface area contributed by atoms with Crippen molar-refractivity contribution in [3.05, 3.63) is 60.7 Å². The first-order valence-electron chi connectivity index (χ1n) is 7.35. The molecule has 0 fully saturated rings. The Morgan fingerprint density at radius 1 is 0.955 bits per heavy atom. The van der Waals surface area contributed by atoms with Crippen LogP contribution >= 0.6 is 11.8 Å². The summed E-state index contributed by atoms with van der Waals surface area (Å²) in [4.78, 5) is 4.85. The largest absolute Gasteiger partial charge is 0.390 e. The Hall–Kier alpha value is -2.04. The molecule has 0 saturated heterocycles. The van der Waals surface area contributed by atoms with Gasteiger partial charge >= 0.3 is 0 Å². The van der Waals surface area contributed by atoms with Crippen molar-refractivity contribution in [1.82, 2.24) is 9.55 Å². The number of aliphatic hydroxyl groups is 1. The van der Waals surface area contributed by atoms with E-state index in [0.717, 1.165) is 27.7 Å². The van der Waals surface area contributed by atoms with Gasteiger partial charge in [0.25, 0.3) is 0 Å². The van der Waals surface area contributed by atoms with E-state index in [2.05, 4.69) is 28.8 Å². The lowest BCUT2D eigenvalue weighted by molar-refractivity contribution is 0.171. The van der Waals surface area contributed by atoms with E-state index in [-0.39, 0.29) is 6.10 Å². The Morgan fingerprint density at radius 2 is 1.59 bits per heavy atom. The van der Waals surface area contributed by atoms with E-state index in [0.29, 0.717) is 12.3 Å². The molecule has 0 radical (unpaired) electrons. The van der Waals surface area contributed by atoms with Crippen LogP contribution in [0.5, 0.6) is 0 Å². The predicted molar refractivity (Wildman–Crippen MR) is 89.8 cm³/mol. The molecule has 0 bridgehead atoms. The molecule has 1 atom stereocenters. The highest BCUT2D eigenvalue weighted by atomic mass is 32.2. The average Bonchev–Trinajstić information content (AvgIpc) is 2.95. The van der Waals surface area contributed by atoms with Gasteiger partial charge in [0.2, 0.25) is 0 Å². The summed E-state index contributed by atoms with van der Waals surface area (Å²) < 4.78 is 2.15. The second-order valence-electron chi connectivity index (χ2n) is 5.40. The third kappa shape index (κ3) is 2.34. The van der Waals surface area contributed by atoms with Gasteiger partial charge in [-0.15, -0.1) is 0 Å². The molecule has 1 aliphatic heterocycles. The number of imidazole rings is 1. The zero-order valence-electron chi connectivity index (χ0n) is 12.0. The maximum Gasteiger partial charge on any atom is 0.169 e. The van der Waals surface area contributed by atoms with Gasteiger partial charge in [0.1, 0.15) is 0 Å². The van der Waals surface area contributed by atoms with Gasteiger partial charge in [-0.1, -0.05) is 72.4 Å². The van der Waals surface area contributed by atoms with Crippen LogP contribution in [-0.2, 0) is 6.54 Å². The minimum atomic E-state index is -0.321. The summed E-state index contributed by atoms with van der Waals surface area (Å²) in [5, 5.41) is 11.0. The van der Waals surface area contributed by atoms with Crippen molar-refractivity contribution >= 4 is 11.8 Å². The van der Waals surface area contributed by atoms with Crippen LogP contribution in [0, 0.1) is 0 Å². The zero-order chi connectivity index (χ0) is 14.9. The third-order valence-corrected chi connectivity index (χ3v) is 4.95. The second-order valence-corrected chi connectivity index (χ2v) is 6.39. The molecule has 0 unspecified atom stereocenters. The monoisotopic (exact) mass is 308 g/mol. The number of fused-ring (bicyclic) bond motifs is 1. The number of nitrogens with zero attached hydrogens (tertiary/aromatic N) is 2. The first-order chi connectivity index (χ1) is 10.8. The number of aromatic nitrogens is 2. The maximum atomic E-state index is 10.0. The van der Waals surface area contributed by atoms with Gasteiger partial charge in [0, 0.05) is 16.9 Å². The van der Waals surface area contributed by atoms with Crippen LogP contribution in [0.25, 0.3) is 22.5 Å². The fourth-order valence-electron chi connectivity index (χ4n) is 2.83. The van der Waals surface area contributed by atoms with E-state index in [4.69, 9.17) is 4.98 Å². The molecule has 0 aliphatic carbocycles. The summed E-state index contributed by atoms with van der Waals surface area (Å²) in [5.41, 5.74) is 4.32. The SMILES string of the molecule is O[C@H]1CSc2nc(-c3ccccc3)c(-c3ccccc3)n2C1. The van der Waals surface area contributed by atoms with E-state index in [9.17, 15) is 5.11 Å². The van der Waals surface area contributed by atoms with E-state index < -0.39 is 0 Å². The Labute approximate surface area is 133 Å². The van der Waals surface area contributed by atoms with Crippen molar-refractivity contribution in [2.75, 3.05) is 5.75 Å². The highest BCUT2D eigenvalue weighted by Gasteiger charge is 2.25. The van der Waals surface area contributed by atoms with Crippen molar-refractivity contribution in [2.24, 2.45) is 0 Å². The molecule has 0 saturated carbocycles. The Morgan fingerprint density at radius 3 is 2.27 bits per heavy atom. The van der Waals surface area contributed by atoms with Crippen molar-refractivity contribution in [1.29, 1.82) is 0 Å².